The Morgan fingerprint density at radius 2 is 2.15 bits per heavy atom. The highest BCUT2D eigenvalue weighted by Crippen LogP contribution is 2.26. The van der Waals surface area contributed by atoms with Crippen molar-refractivity contribution in [1.82, 2.24) is 0 Å². The maximum Gasteiger partial charge on any atom is 0.221 e. The topological polar surface area (TPSA) is 29.1 Å². The van der Waals surface area contributed by atoms with E-state index < -0.39 is 5.82 Å². The Balaban J connectivity index is 3.13. The summed E-state index contributed by atoms with van der Waals surface area (Å²) in [5.41, 5.74) is 1.08. The molecule has 0 aromatic heterocycles. The molecule has 0 aliphatic heterocycles. The molecule has 13 heavy (non-hydrogen) atoms. The summed E-state index contributed by atoms with van der Waals surface area (Å²) in [6.07, 6.45) is 0. The molecule has 0 aliphatic carbocycles. The fraction of sp³-hybridized carbons (Fsp3) is 0.222. The van der Waals surface area contributed by atoms with Gasteiger partial charge in [-0.25, -0.2) is 4.39 Å². The first-order valence-corrected chi connectivity index (χ1v) is 4.11. The molecular weight excluding hydrogens is 193 g/mol. The Morgan fingerprint density at radius 3 is 2.62 bits per heavy atom. The quantitative estimate of drug-likeness (QED) is 0.744. The first kappa shape index (κ1) is 9.99. The lowest BCUT2D eigenvalue weighted by atomic mass is 10.2. The van der Waals surface area contributed by atoms with Gasteiger partial charge in [0.15, 0.2) is 0 Å². The SMILES string of the molecule is CC(=O)Nc1c(C)cc(F)cc1Cl. The molecule has 1 amide bonds. The number of anilines is 1. The third-order valence-corrected chi connectivity index (χ3v) is 1.85. The second-order valence-corrected chi connectivity index (χ2v) is 3.17. The third kappa shape index (κ3) is 2.42. The van der Waals surface area contributed by atoms with E-state index >= 15 is 0 Å². The maximum atomic E-state index is 12.7. The smallest absolute Gasteiger partial charge is 0.221 e. The van der Waals surface area contributed by atoms with Gasteiger partial charge in [-0.2, -0.15) is 0 Å². The number of rotatable bonds is 1. The molecule has 2 nitrogen and oxygen atoms in total. The number of carbonyl (C=O) groups excluding carboxylic acids is 1. The fourth-order valence-electron chi connectivity index (χ4n) is 1.04. The Kier molecular flexibility index (Phi) is 2.88. The predicted octanol–water partition coefficient (Wildman–Crippen LogP) is 2.75. The van der Waals surface area contributed by atoms with Crippen LogP contribution in [0.3, 0.4) is 0 Å². The maximum absolute atomic E-state index is 12.7. The van der Waals surface area contributed by atoms with E-state index in [0.717, 1.165) is 0 Å². The first-order chi connectivity index (χ1) is 6.00. The van der Waals surface area contributed by atoms with Crippen LogP contribution < -0.4 is 5.32 Å². The summed E-state index contributed by atoms with van der Waals surface area (Å²) < 4.78 is 12.7. The van der Waals surface area contributed by atoms with Gasteiger partial charge in [0.1, 0.15) is 5.82 Å². The number of benzene rings is 1. The van der Waals surface area contributed by atoms with Crippen LogP contribution in [-0.2, 0) is 4.79 Å². The molecule has 1 rings (SSSR count). The van der Waals surface area contributed by atoms with Crippen molar-refractivity contribution in [2.75, 3.05) is 5.32 Å². The lowest BCUT2D eigenvalue weighted by Gasteiger charge is -2.08. The molecule has 70 valence electrons. The van der Waals surface area contributed by atoms with Crippen LogP contribution in [0.2, 0.25) is 5.02 Å². The van der Waals surface area contributed by atoms with Gasteiger partial charge in [0.2, 0.25) is 5.91 Å². The van der Waals surface area contributed by atoms with Crippen LogP contribution in [0, 0.1) is 12.7 Å². The van der Waals surface area contributed by atoms with Crippen molar-refractivity contribution in [2.45, 2.75) is 13.8 Å². The lowest BCUT2D eigenvalue weighted by Crippen LogP contribution is -2.07. The summed E-state index contributed by atoms with van der Waals surface area (Å²) in [4.78, 5) is 10.7. The molecule has 0 saturated heterocycles. The number of amides is 1. The second-order valence-electron chi connectivity index (χ2n) is 2.76. The highest BCUT2D eigenvalue weighted by molar-refractivity contribution is 6.33. The van der Waals surface area contributed by atoms with Crippen molar-refractivity contribution in [3.8, 4) is 0 Å². The van der Waals surface area contributed by atoms with Gasteiger partial charge in [-0.3, -0.25) is 4.79 Å². The fourth-order valence-corrected chi connectivity index (χ4v) is 1.34. The van der Waals surface area contributed by atoms with Gasteiger partial charge in [0.05, 0.1) is 10.7 Å². The van der Waals surface area contributed by atoms with Crippen LogP contribution in [0.5, 0.6) is 0 Å². The van der Waals surface area contributed by atoms with E-state index in [1.807, 2.05) is 0 Å². The van der Waals surface area contributed by atoms with E-state index in [0.29, 0.717) is 11.3 Å². The summed E-state index contributed by atoms with van der Waals surface area (Å²) >= 11 is 5.72. The van der Waals surface area contributed by atoms with Gasteiger partial charge < -0.3 is 5.32 Å². The molecular formula is C9H9ClFNO. The highest BCUT2D eigenvalue weighted by atomic mass is 35.5. The first-order valence-electron chi connectivity index (χ1n) is 3.74. The standard InChI is InChI=1S/C9H9ClFNO/c1-5-3-7(11)4-8(10)9(5)12-6(2)13/h3-4H,1-2H3,(H,12,13). The van der Waals surface area contributed by atoms with Crippen LogP contribution in [0.25, 0.3) is 0 Å². The molecule has 4 heteroatoms. The Morgan fingerprint density at radius 1 is 1.54 bits per heavy atom. The van der Waals surface area contributed by atoms with E-state index in [9.17, 15) is 9.18 Å². The van der Waals surface area contributed by atoms with Crippen molar-refractivity contribution in [3.05, 3.63) is 28.5 Å². The molecule has 0 aliphatic rings. The average Bonchev–Trinajstić information content (AvgIpc) is 1.96. The van der Waals surface area contributed by atoms with Crippen molar-refractivity contribution in [3.63, 3.8) is 0 Å². The molecule has 0 unspecified atom stereocenters. The van der Waals surface area contributed by atoms with Crippen LogP contribution in [0.1, 0.15) is 12.5 Å². The average molecular weight is 202 g/mol. The van der Waals surface area contributed by atoms with Gasteiger partial charge in [0.25, 0.3) is 0 Å². The van der Waals surface area contributed by atoms with Crippen molar-refractivity contribution in [1.29, 1.82) is 0 Å². The number of halogens is 2. The molecule has 1 aromatic rings. The molecule has 0 fully saturated rings. The predicted molar refractivity (Wildman–Crippen MR) is 50.5 cm³/mol. The lowest BCUT2D eigenvalue weighted by molar-refractivity contribution is -0.114. The summed E-state index contributed by atoms with van der Waals surface area (Å²) in [6, 6.07) is 2.48. The Labute approximate surface area is 80.7 Å². The van der Waals surface area contributed by atoms with E-state index in [1.165, 1.54) is 19.1 Å². The van der Waals surface area contributed by atoms with Gasteiger partial charge in [-0.05, 0) is 24.6 Å². The summed E-state index contributed by atoms with van der Waals surface area (Å²) in [5.74, 6) is -0.631. The zero-order valence-electron chi connectivity index (χ0n) is 7.32. The van der Waals surface area contributed by atoms with Gasteiger partial charge in [-0.1, -0.05) is 11.6 Å². The second kappa shape index (κ2) is 3.75. The summed E-state index contributed by atoms with van der Waals surface area (Å²) in [5, 5.41) is 2.75. The minimum atomic E-state index is -0.406. The highest BCUT2D eigenvalue weighted by Gasteiger charge is 2.07. The minimum Gasteiger partial charge on any atom is -0.325 e. The van der Waals surface area contributed by atoms with Crippen LogP contribution in [0.4, 0.5) is 10.1 Å². The largest absolute Gasteiger partial charge is 0.325 e. The zero-order chi connectivity index (χ0) is 10.0. The molecule has 0 atom stereocenters. The van der Waals surface area contributed by atoms with Crippen molar-refractivity contribution in [2.24, 2.45) is 0 Å². The monoisotopic (exact) mass is 201 g/mol. The van der Waals surface area contributed by atoms with E-state index in [1.54, 1.807) is 6.92 Å². The van der Waals surface area contributed by atoms with Crippen LogP contribution >= 0.6 is 11.6 Å². The number of hydrogen-bond donors (Lipinski definition) is 1. The van der Waals surface area contributed by atoms with E-state index in [4.69, 9.17) is 11.6 Å². The molecule has 0 heterocycles. The number of hydrogen-bond acceptors (Lipinski definition) is 1. The Bertz CT molecular complexity index is 328. The van der Waals surface area contributed by atoms with Gasteiger partial charge in [0, 0.05) is 6.92 Å². The zero-order valence-corrected chi connectivity index (χ0v) is 8.07. The molecule has 0 saturated carbocycles. The molecule has 1 aromatic carbocycles. The van der Waals surface area contributed by atoms with E-state index in [-0.39, 0.29) is 10.9 Å². The van der Waals surface area contributed by atoms with Crippen molar-refractivity contribution >= 4 is 23.2 Å². The Hall–Kier alpha value is -1.09. The number of nitrogens with one attached hydrogen (secondary N) is 1. The van der Waals surface area contributed by atoms with Gasteiger partial charge in [-0.15, -0.1) is 0 Å². The molecule has 0 radical (unpaired) electrons. The normalized spacial score (nSPS) is 9.85. The third-order valence-electron chi connectivity index (χ3n) is 1.55. The van der Waals surface area contributed by atoms with Crippen molar-refractivity contribution < 1.29 is 9.18 Å². The summed E-state index contributed by atoms with van der Waals surface area (Å²) in [7, 11) is 0. The number of carbonyl (C=O) groups is 1. The molecule has 0 spiro atoms. The van der Waals surface area contributed by atoms with Gasteiger partial charge >= 0.3 is 0 Å². The molecule has 0 bridgehead atoms. The minimum absolute atomic E-state index is 0.215. The summed E-state index contributed by atoms with van der Waals surface area (Å²) in [6.45, 7) is 3.05. The van der Waals surface area contributed by atoms with E-state index in [2.05, 4.69) is 5.32 Å². The molecule has 1 N–H and O–H groups in total. The van der Waals surface area contributed by atoms with Crippen LogP contribution in [0.15, 0.2) is 12.1 Å². The van der Waals surface area contributed by atoms with Crippen LogP contribution in [-0.4, -0.2) is 5.91 Å². The number of aryl methyl sites for hydroxylation is 1.